The molecular weight excluding hydrogens is 649 g/mol. The van der Waals surface area contributed by atoms with Crippen molar-refractivity contribution in [3.05, 3.63) is 75.5 Å². The molecule has 242 valence electrons. The summed E-state index contributed by atoms with van der Waals surface area (Å²) in [5, 5.41) is 22.5. The second-order valence-electron chi connectivity index (χ2n) is 12.2. The Kier molecular flexibility index (Phi) is 7.97. The van der Waals surface area contributed by atoms with E-state index in [4.69, 9.17) is 23.2 Å². The van der Waals surface area contributed by atoms with Crippen LogP contribution in [-0.4, -0.2) is 85.3 Å². The molecular formula is C32H29Cl2N7O6. The molecule has 2 atom stereocenters. The van der Waals surface area contributed by atoms with Crippen molar-refractivity contribution in [3.8, 4) is 6.07 Å². The van der Waals surface area contributed by atoms with E-state index in [2.05, 4.69) is 16.4 Å². The number of nitrogens with zero attached hydrogens (tertiary/aromatic N) is 6. The van der Waals surface area contributed by atoms with Crippen LogP contribution in [0.25, 0.3) is 0 Å². The molecule has 3 heterocycles. The Morgan fingerprint density at radius 3 is 2.32 bits per heavy atom. The average Bonchev–Trinajstić information content (AvgIpc) is 3.61. The third-order valence-electron chi connectivity index (χ3n) is 8.95. The first-order valence-electron chi connectivity index (χ1n) is 14.8. The molecule has 2 aliphatic heterocycles. The maximum absolute atomic E-state index is 14.3. The van der Waals surface area contributed by atoms with E-state index in [1.165, 1.54) is 38.5 Å². The van der Waals surface area contributed by atoms with Crippen LogP contribution in [0.3, 0.4) is 0 Å². The van der Waals surface area contributed by atoms with Crippen LogP contribution in [0, 0.1) is 11.3 Å². The summed E-state index contributed by atoms with van der Waals surface area (Å²) >= 11 is 12.6. The van der Waals surface area contributed by atoms with Crippen molar-refractivity contribution in [3.63, 3.8) is 0 Å². The predicted molar refractivity (Wildman–Crippen MR) is 169 cm³/mol. The molecule has 1 aromatic heterocycles. The number of piperazine rings is 1. The lowest BCUT2D eigenvalue weighted by molar-refractivity contribution is -0.157. The number of rotatable bonds is 7. The number of hydrogen-bond acceptors (Lipinski definition) is 7. The highest BCUT2D eigenvalue weighted by atomic mass is 35.5. The van der Waals surface area contributed by atoms with Gasteiger partial charge in [0.2, 0.25) is 17.8 Å². The molecule has 0 radical (unpaired) electrons. The zero-order chi connectivity index (χ0) is 33.8. The molecule has 1 saturated heterocycles. The van der Waals surface area contributed by atoms with Crippen molar-refractivity contribution < 1.29 is 29.1 Å². The monoisotopic (exact) mass is 677 g/mol. The number of benzene rings is 2. The van der Waals surface area contributed by atoms with E-state index in [0.29, 0.717) is 11.3 Å². The number of anilines is 2. The molecule has 13 nitrogen and oxygen atoms in total. The van der Waals surface area contributed by atoms with Crippen LogP contribution in [0.2, 0.25) is 10.0 Å². The summed E-state index contributed by atoms with van der Waals surface area (Å²) in [4.78, 5) is 74.5. The molecule has 2 N–H and O–H groups in total. The van der Waals surface area contributed by atoms with Gasteiger partial charge in [-0.15, -0.1) is 0 Å². The largest absolute Gasteiger partial charge is 0.480 e. The van der Waals surface area contributed by atoms with Crippen LogP contribution in [0.4, 0.5) is 11.6 Å². The van der Waals surface area contributed by atoms with E-state index < -0.39 is 40.8 Å². The van der Waals surface area contributed by atoms with E-state index in [1.54, 1.807) is 43.3 Å². The number of nitriles is 1. The molecule has 2 aromatic carbocycles. The minimum absolute atomic E-state index is 0.00337. The molecule has 1 unspecified atom stereocenters. The maximum Gasteiger partial charge on any atom is 0.328 e. The summed E-state index contributed by atoms with van der Waals surface area (Å²) < 4.78 is 1.52. The second kappa shape index (κ2) is 11.7. The number of fused-ring (bicyclic) bond motifs is 1. The van der Waals surface area contributed by atoms with Gasteiger partial charge < -0.3 is 20.2 Å². The lowest BCUT2D eigenvalue weighted by Gasteiger charge is -2.40. The molecule has 4 amide bonds. The van der Waals surface area contributed by atoms with E-state index in [9.17, 15) is 34.3 Å². The number of imidazole rings is 1. The molecule has 0 bridgehead atoms. The second-order valence-corrected chi connectivity index (χ2v) is 13.0. The van der Waals surface area contributed by atoms with E-state index in [0.717, 1.165) is 5.56 Å². The molecule has 3 aliphatic rings. The zero-order valence-corrected chi connectivity index (χ0v) is 26.9. The molecule has 6 rings (SSSR count). The third kappa shape index (κ3) is 5.57. The Morgan fingerprint density at radius 2 is 1.74 bits per heavy atom. The minimum atomic E-state index is -1.39. The Bertz CT molecular complexity index is 1860. The first-order chi connectivity index (χ1) is 22.3. The molecule has 15 heteroatoms. The summed E-state index contributed by atoms with van der Waals surface area (Å²) in [6.07, 6.45) is 2.01. The van der Waals surface area contributed by atoms with Gasteiger partial charge in [0.15, 0.2) is 0 Å². The molecule has 1 saturated carbocycles. The van der Waals surface area contributed by atoms with Crippen molar-refractivity contribution in [1.82, 2.24) is 24.7 Å². The number of carboxylic acid groups (broad SMARTS) is 1. The average molecular weight is 679 g/mol. The number of amides is 4. The van der Waals surface area contributed by atoms with E-state index in [1.807, 2.05) is 0 Å². The number of nitrogens with one attached hydrogen (secondary N) is 1. The summed E-state index contributed by atoms with van der Waals surface area (Å²) in [5.41, 5.74) is -1.22. The first-order valence-corrected chi connectivity index (χ1v) is 15.5. The van der Waals surface area contributed by atoms with Crippen molar-refractivity contribution in [2.75, 3.05) is 24.5 Å². The summed E-state index contributed by atoms with van der Waals surface area (Å²) in [7, 11) is 0. The van der Waals surface area contributed by atoms with Gasteiger partial charge in [-0.3, -0.25) is 23.7 Å². The number of aromatic nitrogens is 2. The van der Waals surface area contributed by atoms with E-state index >= 15 is 0 Å². The van der Waals surface area contributed by atoms with Gasteiger partial charge in [-0.2, -0.15) is 5.26 Å². The number of hydrogen-bond donors (Lipinski definition) is 2. The molecule has 47 heavy (non-hydrogen) atoms. The predicted octanol–water partition coefficient (Wildman–Crippen LogP) is 3.10. The van der Waals surface area contributed by atoms with Gasteiger partial charge in [-0.25, -0.2) is 14.7 Å². The third-order valence-corrected chi connectivity index (χ3v) is 9.39. The van der Waals surface area contributed by atoms with Crippen molar-refractivity contribution in [2.45, 2.75) is 50.2 Å². The molecule has 2 fully saturated rings. The molecule has 3 aromatic rings. The first kappa shape index (κ1) is 32.0. The van der Waals surface area contributed by atoms with Crippen LogP contribution in [0.5, 0.6) is 0 Å². The molecule has 0 spiro atoms. The van der Waals surface area contributed by atoms with E-state index in [-0.39, 0.29) is 66.5 Å². The maximum atomic E-state index is 14.3. The Hall–Kier alpha value is -4.93. The van der Waals surface area contributed by atoms with Gasteiger partial charge in [0.1, 0.15) is 22.8 Å². The summed E-state index contributed by atoms with van der Waals surface area (Å²) in [6, 6.07) is 12.2. The van der Waals surface area contributed by atoms with Crippen LogP contribution < -0.4 is 10.2 Å². The number of aliphatic carboxylic acids is 1. The quantitative estimate of drug-likeness (QED) is 0.384. The number of carbonyl (C=O) groups is 5. The smallest absolute Gasteiger partial charge is 0.328 e. The highest BCUT2D eigenvalue weighted by Gasteiger charge is 2.57. The van der Waals surface area contributed by atoms with Crippen LogP contribution in [0.15, 0.2) is 48.7 Å². The van der Waals surface area contributed by atoms with Crippen molar-refractivity contribution >= 4 is 64.4 Å². The fourth-order valence-electron chi connectivity index (χ4n) is 6.32. The molecule has 1 aliphatic carbocycles. The van der Waals surface area contributed by atoms with Gasteiger partial charge in [-0.05, 0) is 55.7 Å². The number of carboxylic acids is 1. The van der Waals surface area contributed by atoms with Crippen LogP contribution in [-0.2, 0) is 31.1 Å². The van der Waals surface area contributed by atoms with Crippen LogP contribution >= 0.6 is 23.2 Å². The number of carbonyl (C=O) groups excluding carboxylic acids is 4. The normalized spacial score (nSPS) is 21.2. The summed E-state index contributed by atoms with van der Waals surface area (Å²) in [5.74, 6) is -3.04. The Labute approximate surface area is 279 Å². The SMILES string of the molecule is CC(=O)N1CCN(C(=O)C2(NC(=O)c3cnc4n3[C@](C)(Cc3ccc(C#N)cc3)C(=O)N4c3cc(Cl)cc(Cl)c3)CC2)C(C(=O)O)C1. The fraction of sp³-hybridized carbons (Fsp3) is 0.344. The zero-order valence-electron chi connectivity index (χ0n) is 25.4. The highest BCUT2D eigenvalue weighted by molar-refractivity contribution is 6.35. The lowest BCUT2D eigenvalue weighted by Crippen LogP contribution is -2.63. The van der Waals surface area contributed by atoms with Gasteiger partial charge in [0.05, 0.1) is 30.1 Å². The number of halogens is 2. The Balaban J connectivity index is 1.35. The van der Waals surface area contributed by atoms with Gasteiger partial charge in [-0.1, -0.05) is 35.3 Å². The topological polar surface area (TPSA) is 169 Å². The summed E-state index contributed by atoms with van der Waals surface area (Å²) in [6.45, 7) is 3.03. The standard InChI is InChI=1S/C32H29Cl2N7O6/c1-18(42)38-9-10-39(25(17-38)27(44)45)29(47)32(7-8-32)37-26(43)24-16-36-30-40(23-12-21(33)11-22(34)13-23)28(46)31(2,41(24)30)14-19-3-5-20(15-35)6-4-19/h3-6,11-13,16,25H,7-10,14,17H2,1-2H3,(H,37,43)(H,44,45)/t25?,31-/m1/s1. The van der Waals surface area contributed by atoms with Gasteiger partial charge >= 0.3 is 5.97 Å². The van der Waals surface area contributed by atoms with Gasteiger partial charge in [0.25, 0.3) is 11.8 Å². The van der Waals surface area contributed by atoms with Gasteiger partial charge in [0, 0.05) is 36.5 Å². The van der Waals surface area contributed by atoms with Crippen molar-refractivity contribution in [2.24, 2.45) is 0 Å². The minimum Gasteiger partial charge on any atom is -0.480 e. The highest BCUT2D eigenvalue weighted by Crippen LogP contribution is 2.44. The Morgan fingerprint density at radius 1 is 1.09 bits per heavy atom. The fourth-order valence-corrected chi connectivity index (χ4v) is 6.84. The van der Waals surface area contributed by atoms with Crippen LogP contribution in [0.1, 0.15) is 48.3 Å². The van der Waals surface area contributed by atoms with Crippen molar-refractivity contribution in [1.29, 1.82) is 5.26 Å². The lowest BCUT2D eigenvalue weighted by atomic mass is 9.91.